The van der Waals surface area contributed by atoms with Crippen molar-refractivity contribution in [2.45, 2.75) is 64.6 Å². The zero-order chi connectivity index (χ0) is 21.4. The summed E-state index contributed by atoms with van der Waals surface area (Å²) < 4.78 is 5.44. The molecule has 28 heavy (non-hydrogen) atoms. The molecule has 1 unspecified atom stereocenters. The van der Waals surface area contributed by atoms with Crippen LogP contribution in [0.4, 0.5) is 4.79 Å². The van der Waals surface area contributed by atoms with Gasteiger partial charge < -0.3 is 25.6 Å². The van der Waals surface area contributed by atoms with Crippen LogP contribution in [0.25, 0.3) is 0 Å². The van der Waals surface area contributed by atoms with Crippen LogP contribution >= 0.6 is 0 Å². The fourth-order valence-electron chi connectivity index (χ4n) is 3.25. The van der Waals surface area contributed by atoms with Crippen LogP contribution in [0.2, 0.25) is 0 Å². The Morgan fingerprint density at radius 2 is 1.79 bits per heavy atom. The molecule has 1 aliphatic heterocycles. The quantitative estimate of drug-likeness (QED) is 0.445. The summed E-state index contributed by atoms with van der Waals surface area (Å²) in [6.07, 6.45) is 1.21. The monoisotopic (exact) mass is 398 g/mol. The summed E-state index contributed by atoms with van der Waals surface area (Å²) in [7, 11) is 6.10. The van der Waals surface area contributed by atoms with E-state index in [1.54, 1.807) is 7.05 Å². The van der Waals surface area contributed by atoms with E-state index in [1.165, 1.54) is 0 Å². The predicted molar refractivity (Wildman–Crippen MR) is 116 cm³/mol. The summed E-state index contributed by atoms with van der Waals surface area (Å²) in [6.45, 7) is 14.4. The fourth-order valence-corrected chi connectivity index (χ4v) is 3.25. The molecular formula is C20H42N6O2. The van der Waals surface area contributed by atoms with Crippen molar-refractivity contribution in [3.63, 3.8) is 0 Å². The molecule has 0 spiro atoms. The lowest BCUT2D eigenvalue weighted by Crippen LogP contribution is -2.59. The average Bonchev–Trinajstić information content (AvgIpc) is 2.61. The van der Waals surface area contributed by atoms with E-state index in [1.807, 2.05) is 20.8 Å². The molecule has 1 rings (SSSR count). The lowest BCUT2D eigenvalue weighted by Gasteiger charge is -2.38. The minimum atomic E-state index is -0.512. The van der Waals surface area contributed by atoms with Crippen molar-refractivity contribution < 1.29 is 9.53 Å². The van der Waals surface area contributed by atoms with Crippen molar-refractivity contribution in [3.05, 3.63) is 0 Å². The second kappa shape index (κ2) is 10.9. The Kier molecular flexibility index (Phi) is 9.50. The first-order chi connectivity index (χ1) is 13.0. The van der Waals surface area contributed by atoms with E-state index >= 15 is 0 Å². The summed E-state index contributed by atoms with van der Waals surface area (Å²) >= 11 is 0. The van der Waals surface area contributed by atoms with Crippen LogP contribution in [0.5, 0.6) is 0 Å². The highest BCUT2D eigenvalue weighted by atomic mass is 16.6. The maximum Gasteiger partial charge on any atom is 0.408 e. The number of amides is 1. The Morgan fingerprint density at radius 3 is 2.32 bits per heavy atom. The number of likely N-dealkylation sites (N-methyl/N-ethyl adjacent to an activating group) is 2. The number of aliphatic imine (C=N–C) groups is 1. The van der Waals surface area contributed by atoms with Gasteiger partial charge in [0, 0.05) is 45.8 Å². The molecule has 1 aliphatic rings. The molecule has 1 heterocycles. The van der Waals surface area contributed by atoms with Crippen LogP contribution in [0, 0.1) is 0 Å². The van der Waals surface area contributed by atoms with Gasteiger partial charge in [0.25, 0.3) is 0 Å². The van der Waals surface area contributed by atoms with Gasteiger partial charge >= 0.3 is 6.09 Å². The van der Waals surface area contributed by atoms with Gasteiger partial charge in [-0.05, 0) is 47.7 Å². The molecule has 1 fully saturated rings. The number of hydrogen-bond acceptors (Lipinski definition) is 5. The Balaban J connectivity index is 2.60. The SMILES string of the molecule is CCC(CC)(CNC(=NC)NCC1CN(C)CCN1C)NC(=O)OC(C)(C)C. The van der Waals surface area contributed by atoms with Gasteiger partial charge in [-0.15, -0.1) is 0 Å². The van der Waals surface area contributed by atoms with Gasteiger partial charge in [-0.1, -0.05) is 13.8 Å². The first-order valence-electron chi connectivity index (χ1n) is 10.4. The molecular weight excluding hydrogens is 356 g/mol. The van der Waals surface area contributed by atoms with E-state index in [9.17, 15) is 4.79 Å². The fraction of sp³-hybridized carbons (Fsp3) is 0.900. The van der Waals surface area contributed by atoms with Crippen LogP contribution in [-0.4, -0.2) is 92.9 Å². The summed E-state index contributed by atoms with van der Waals surface area (Å²) in [6, 6.07) is 0.444. The molecule has 1 saturated heterocycles. The third-order valence-electron chi connectivity index (χ3n) is 5.42. The van der Waals surface area contributed by atoms with Gasteiger partial charge in [0.2, 0.25) is 0 Å². The number of alkyl carbamates (subject to hydrolysis) is 1. The molecule has 0 aromatic rings. The minimum absolute atomic E-state index is 0.382. The number of piperazine rings is 1. The molecule has 164 valence electrons. The summed E-state index contributed by atoms with van der Waals surface area (Å²) in [5.74, 6) is 0.749. The molecule has 0 aliphatic carbocycles. The van der Waals surface area contributed by atoms with Gasteiger partial charge in [0.05, 0.1) is 5.54 Å². The van der Waals surface area contributed by atoms with Gasteiger partial charge in [0.15, 0.2) is 5.96 Å². The first-order valence-corrected chi connectivity index (χ1v) is 10.4. The maximum absolute atomic E-state index is 12.3. The molecule has 0 saturated carbocycles. The third-order valence-corrected chi connectivity index (χ3v) is 5.42. The standard InChI is InChI=1S/C20H42N6O2/c1-9-20(10-2,24-18(27)28-19(3,4)5)15-23-17(21-6)22-13-16-14-25(7)11-12-26(16)8/h16H,9-15H2,1-8H3,(H,24,27)(H2,21,22,23). The topological polar surface area (TPSA) is 81.2 Å². The first kappa shape index (κ1) is 24.5. The normalized spacial score (nSPS) is 20.0. The van der Waals surface area contributed by atoms with Crippen molar-refractivity contribution in [1.29, 1.82) is 0 Å². The molecule has 0 aromatic carbocycles. The van der Waals surface area contributed by atoms with Gasteiger partial charge in [-0.25, -0.2) is 4.79 Å². The summed E-state index contributed by atoms with van der Waals surface area (Å²) in [5, 5.41) is 9.87. The van der Waals surface area contributed by atoms with E-state index in [0.717, 1.165) is 45.0 Å². The highest BCUT2D eigenvalue weighted by Crippen LogP contribution is 2.16. The lowest BCUT2D eigenvalue weighted by molar-refractivity contribution is 0.0448. The molecule has 0 radical (unpaired) electrons. The third kappa shape index (κ3) is 8.22. The van der Waals surface area contributed by atoms with Gasteiger partial charge in [0.1, 0.15) is 5.60 Å². The number of guanidine groups is 1. The molecule has 0 aromatic heterocycles. The van der Waals surface area contributed by atoms with E-state index in [0.29, 0.717) is 12.6 Å². The van der Waals surface area contributed by atoms with Crippen LogP contribution in [0.1, 0.15) is 47.5 Å². The van der Waals surface area contributed by atoms with Crippen molar-refractivity contribution >= 4 is 12.1 Å². The molecule has 0 bridgehead atoms. The highest BCUT2D eigenvalue weighted by molar-refractivity contribution is 5.80. The van der Waals surface area contributed by atoms with E-state index in [4.69, 9.17) is 4.74 Å². The van der Waals surface area contributed by atoms with Gasteiger partial charge in [-0.2, -0.15) is 0 Å². The minimum Gasteiger partial charge on any atom is -0.444 e. The van der Waals surface area contributed by atoms with Crippen LogP contribution in [0.15, 0.2) is 4.99 Å². The van der Waals surface area contributed by atoms with Crippen LogP contribution in [-0.2, 0) is 4.74 Å². The van der Waals surface area contributed by atoms with Crippen LogP contribution < -0.4 is 16.0 Å². The summed E-state index contributed by atoms with van der Waals surface area (Å²) in [4.78, 5) is 21.4. The number of rotatable bonds is 7. The molecule has 8 nitrogen and oxygen atoms in total. The Labute approximate surface area is 171 Å². The van der Waals surface area contributed by atoms with Gasteiger partial charge in [-0.3, -0.25) is 9.89 Å². The van der Waals surface area contributed by atoms with Crippen molar-refractivity contribution in [1.82, 2.24) is 25.8 Å². The smallest absolute Gasteiger partial charge is 0.408 e. The van der Waals surface area contributed by atoms with E-state index < -0.39 is 5.60 Å². The van der Waals surface area contributed by atoms with Crippen molar-refractivity contribution in [3.8, 4) is 0 Å². The molecule has 8 heteroatoms. The van der Waals surface area contributed by atoms with E-state index in [-0.39, 0.29) is 11.6 Å². The maximum atomic E-state index is 12.3. The van der Waals surface area contributed by atoms with Crippen molar-refractivity contribution in [2.75, 3.05) is 53.9 Å². The number of hydrogen-bond donors (Lipinski definition) is 3. The largest absolute Gasteiger partial charge is 0.444 e. The Hall–Kier alpha value is -1.54. The number of ether oxygens (including phenoxy) is 1. The zero-order valence-electron chi connectivity index (χ0n) is 19.2. The predicted octanol–water partition coefficient (Wildman–Crippen LogP) is 1.48. The Bertz CT molecular complexity index is 513. The number of carbonyl (C=O) groups excluding carboxylic acids is 1. The lowest BCUT2D eigenvalue weighted by atomic mass is 9.93. The van der Waals surface area contributed by atoms with Crippen LogP contribution in [0.3, 0.4) is 0 Å². The highest BCUT2D eigenvalue weighted by Gasteiger charge is 2.31. The molecule has 3 N–H and O–H groups in total. The van der Waals surface area contributed by atoms with E-state index in [2.05, 4.69) is 58.7 Å². The molecule has 1 atom stereocenters. The summed E-state index contributed by atoms with van der Waals surface area (Å²) in [5.41, 5.74) is -0.899. The van der Waals surface area contributed by atoms with Crippen molar-refractivity contribution in [2.24, 2.45) is 4.99 Å². The second-order valence-electron chi connectivity index (χ2n) is 8.82. The number of nitrogens with one attached hydrogen (secondary N) is 3. The Morgan fingerprint density at radius 1 is 1.14 bits per heavy atom. The average molecular weight is 399 g/mol. The second-order valence-corrected chi connectivity index (χ2v) is 8.82. The number of carbonyl (C=O) groups is 1. The molecule has 1 amide bonds. The number of nitrogens with zero attached hydrogens (tertiary/aromatic N) is 3. The zero-order valence-corrected chi connectivity index (χ0v) is 19.2.